The number of hydrogen-bond donors (Lipinski definition) is 2. The maximum atomic E-state index is 10.9. The molecule has 0 aromatic rings. The molecule has 0 atom stereocenters. The van der Waals surface area contributed by atoms with Gasteiger partial charge in [0.2, 0.25) is 0 Å². The Balaban J connectivity index is 3.26. The molecule has 0 aliphatic heterocycles. The minimum Gasteiger partial charge on any atom is -0.466 e. The molecule has 14 heavy (non-hydrogen) atoms. The average Bonchev–Trinajstić information content (AvgIpc) is 2.02. The van der Waals surface area contributed by atoms with Crippen LogP contribution in [-0.2, 0) is 9.53 Å². The highest BCUT2D eigenvalue weighted by Crippen LogP contribution is 1.97. The summed E-state index contributed by atoms with van der Waals surface area (Å²) in [7, 11) is 0. The summed E-state index contributed by atoms with van der Waals surface area (Å²) in [6, 6.07) is 0. The quantitative estimate of drug-likeness (QED) is 0.472. The lowest BCUT2D eigenvalue weighted by Crippen LogP contribution is -2.35. The van der Waals surface area contributed by atoms with E-state index in [1.165, 1.54) is 0 Å². The molecule has 4 nitrogen and oxygen atoms in total. The molecule has 0 saturated carbocycles. The summed E-state index contributed by atoms with van der Waals surface area (Å²) in [5.74, 6) is -0.155. The van der Waals surface area contributed by atoms with Crippen molar-refractivity contribution in [2.45, 2.75) is 39.2 Å². The lowest BCUT2D eigenvalue weighted by atomic mass is 10.1. The topological polar surface area (TPSA) is 58.6 Å². The summed E-state index contributed by atoms with van der Waals surface area (Å²) >= 11 is 0. The van der Waals surface area contributed by atoms with Crippen molar-refractivity contribution in [3.8, 4) is 0 Å². The summed E-state index contributed by atoms with van der Waals surface area (Å²) in [4.78, 5) is 10.9. The number of rotatable bonds is 7. The van der Waals surface area contributed by atoms with E-state index in [1.54, 1.807) is 20.8 Å². The summed E-state index contributed by atoms with van der Waals surface area (Å²) in [6.45, 7) is 6.98. The first-order valence-corrected chi connectivity index (χ1v) is 5.04. The lowest BCUT2D eigenvalue weighted by molar-refractivity contribution is -0.143. The van der Waals surface area contributed by atoms with E-state index in [0.717, 1.165) is 13.0 Å². The molecule has 0 radical (unpaired) electrons. The molecule has 0 aliphatic carbocycles. The van der Waals surface area contributed by atoms with Crippen molar-refractivity contribution >= 4 is 5.97 Å². The van der Waals surface area contributed by atoms with Gasteiger partial charge in [-0.25, -0.2) is 0 Å². The molecule has 0 fully saturated rings. The summed E-state index contributed by atoms with van der Waals surface area (Å²) in [6.07, 6.45) is 1.18. The van der Waals surface area contributed by atoms with E-state index in [9.17, 15) is 9.90 Å². The van der Waals surface area contributed by atoms with Crippen molar-refractivity contribution in [2.75, 3.05) is 19.7 Å². The Hall–Kier alpha value is -0.610. The van der Waals surface area contributed by atoms with Crippen LogP contribution in [0.2, 0.25) is 0 Å². The smallest absolute Gasteiger partial charge is 0.305 e. The van der Waals surface area contributed by atoms with Crippen molar-refractivity contribution < 1.29 is 14.6 Å². The lowest BCUT2D eigenvalue weighted by Gasteiger charge is -2.17. The van der Waals surface area contributed by atoms with Crippen LogP contribution in [0.15, 0.2) is 0 Å². The maximum Gasteiger partial charge on any atom is 0.305 e. The maximum absolute atomic E-state index is 10.9. The van der Waals surface area contributed by atoms with Gasteiger partial charge in [0.1, 0.15) is 0 Å². The van der Waals surface area contributed by atoms with Gasteiger partial charge in [-0.1, -0.05) is 0 Å². The molecule has 0 aliphatic rings. The fourth-order valence-electron chi connectivity index (χ4n) is 0.985. The van der Waals surface area contributed by atoms with Gasteiger partial charge in [-0.3, -0.25) is 4.79 Å². The van der Waals surface area contributed by atoms with Gasteiger partial charge in [0.05, 0.1) is 12.2 Å². The molecule has 0 rings (SSSR count). The van der Waals surface area contributed by atoms with Gasteiger partial charge in [0, 0.05) is 13.0 Å². The molecule has 4 heteroatoms. The normalized spacial score (nSPS) is 11.4. The van der Waals surface area contributed by atoms with E-state index < -0.39 is 5.60 Å². The number of carbonyl (C=O) groups is 1. The van der Waals surface area contributed by atoms with Gasteiger partial charge >= 0.3 is 5.97 Å². The van der Waals surface area contributed by atoms with Crippen molar-refractivity contribution in [2.24, 2.45) is 0 Å². The number of carbonyl (C=O) groups excluding carboxylic acids is 1. The average molecular weight is 203 g/mol. The van der Waals surface area contributed by atoms with E-state index in [-0.39, 0.29) is 5.97 Å². The monoisotopic (exact) mass is 203 g/mol. The van der Waals surface area contributed by atoms with Crippen molar-refractivity contribution in [3.63, 3.8) is 0 Å². The number of esters is 1. The number of hydrogen-bond acceptors (Lipinski definition) is 4. The van der Waals surface area contributed by atoms with Crippen LogP contribution in [0.4, 0.5) is 0 Å². The fraction of sp³-hybridized carbons (Fsp3) is 0.900. The van der Waals surface area contributed by atoms with E-state index in [4.69, 9.17) is 4.74 Å². The molecule has 0 amide bonds. The van der Waals surface area contributed by atoms with Gasteiger partial charge in [0.25, 0.3) is 0 Å². The highest BCUT2D eigenvalue weighted by molar-refractivity contribution is 5.69. The molecule has 0 aromatic heterocycles. The molecule has 0 unspecified atom stereocenters. The summed E-state index contributed by atoms with van der Waals surface area (Å²) in [5.41, 5.74) is -0.691. The Morgan fingerprint density at radius 1 is 1.50 bits per heavy atom. The van der Waals surface area contributed by atoms with Crippen LogP contribution in [0.1, 0.15) is 33.6 Å². The van der Waals surface area contributed by atoms with E-state index in [0.29, 0.717) is 19.6 Å². The van der Waals surface area contributed by atoms with Gasteiger partial charge in [-0.2, -0.15) is 0 Å². The van der Waals surface area contributed by atoms with Gasteiger partial charge in [0.15, 0.2) is 0 Å². The molecular formula is C10H21NO3. The highest BCUT2D eigenvalue weighted by Gasteiger charge is 2.10. The standard InChI is InChI=1S/C10H21NO3/c1-4-14-9(12)6-5-7-11-8-10(2,3)13/h11,13H,4-8H2,1-3H3. The van der Waals surface area contributed by atoms with Crippen LogP contribution < -0.4 is 5.32 Å². The molecule has 0 spiro atoms. The zero-order valence-electron chi connectivity index (χ0n) is 9.30. The predicted octanol–water partition coefficient (Wildman–Crippen LogP) is 0.690. The molecule has 0 saturated heterocycles. The van der Waals surface area contributed by atoms with Crippen LogP contribution in [0, 0.1) is 0 Å². The number of ether oxygens (including phenoxy) is 1. The zero-order chi connectivity index (χ0) is 11.0. The molecule has 0 aromatic carbocycles. The predicted molar refractivity (Wildman–Crippen MR) is 55.0 cm³/mol. The number of nitrogens with one attached hydrogen (secondary N) is 1. The second kappa shape index (κ2) is 6.79. The largest absolute Gasteiger partial charge is 0.466 e. The Morgan fingerprint density at radius 2 is 2.14 bits per heavy atom. The summed E-state index contributed by atoms with van der Waals surface area (Å²) < 4.78 is 4.77. The highest BCUT2D eigenvalue weighted by atomic mass is 16.5. The Kier molecular flexibility index (Phi) is 6.49. The van der Waals surface area contributed by atoms with Crippen molar-refractivity contribution in [1.29, 1.82) is 0 Å². The van der Waals surface area contributed by atoms with Crippen LogP contribution in [0.3, 0.4) is 0 Å². The van der Waals surface area contributed by atoms with Crippen molar-refractivity contribution in [3.05, 3.63) is 0 Å². The molecule has 2 N–H and O–H groups in total. The van der Waals surface area contributed by atoms with Gasteiger partial charge in [-0.15, -0.1) is 0 Å². The van der Waals surface area contributed by atoms with Crippen LogP contribution in [-0.4, -0.2) is 36.4 Å². The number of aliphatic hydroxyl groups is 1. The minimum absolute atomic E-state index is 0.155. The Morgan fingerprint density at radius 3 is 2.64 bits per heavy atom. The first kappa shape index (κ1) is 13.4. The molecule has 0 bridgehead atoms. The van der Waals surface area contributed by atoms with E-state index in [2.05, 4.69) is 5.32 Å². The van der Waals surface area contributed by atoms with Gasteiger partial charge < -0.3 is 15.2 Å². The molecule has 0 heterocycles. The Labute approximate surface area is 85.6 Å². The molecule has 84 valence electrons. The second-order valence-corrected chi connectivity index (χ2v) is 3.90. The minimum atomic E-state index is -0.691. The van der Waals surface area contributed by atoms with Gasteiger partial charge in [-0.05, 0) is 33.7 Å². The third-order valence-electron chi connectivity index (χ3n) is 1.60. The fourth-order valence-corrected chi connectivity index (χ4v) is 0.985. The van der Waals surface area contributed by atoms with Crippen LogP contribution in [0.5, 0.6) is 0 Å². The Bertz CT molecular complexity index is 163. The zero-order valence-corrected chi connectivity index (χ0v) is 9.30. The summed E-state index contributed by atoms with van der Waals surface area (Å²) in [5, 5.41) is 12.4. The first-order valence-electron chi connectivity index (χ1n) is 5.04. The molecular weight excluding hydrogens is 182 g/mol. The first-order chi connectivity index (χ1) is 6.45. The SMILES string of the molecule is CCOC(=O)CCCNCC(C)(C)O. The second-order valence-electron chi connectivity index (χ2n) is 3.90. The third kappa shape index (κ3) is 9.48. The van der Waals surface area contributed by atoms with E-state index in [1.807, 2.05) is 0 Å². The van der Waals surface area contributed by atoms with Crippen LogP contribution in [0.25, 0.3) is 0 Å². The van der Waals surface area contributed by atoms with E-state index >= 15 is 0 Å². The third-order valence-corrected chi connectivity index (χ3v) is 1.60. The van der Waals surface area contributed by atoms with Crippen LogP contribution >= 0.6 is 0 Å². The van der Waals surface area contributed by atoms with Crippen molar-refractivity contribution in [1.82, 2.24) is 5.32 Å².